The van der Waals surface area contributed by atoms with Crippen LogP contribution in [0.25, 0.3) is 10.9 Å². The fourth-order valence-electron chi connectivity index (χ4n) is 3.63. The van der Waals surface area contributed by atoms with E-state index in [-0.39, 0.29) is 6.42 Å². The number of benzene rings is 2. The molecule has 3 amide bonds. The van der Waals surface area contributed by atoms with Crippen LogP contribution in [0.3, 0.4) is 0 Å². The number of carboxylic acid groups (broad SMARTS) is 1. The van der Waals surface area contributed by atoms with Crippen molar-refractivity contribution in [2.45, 2.75) is 37.9 Å². The average Bonchev–Trinajstić information content (AvgIpc) is 3.25. The summed E-state index contributed by atoms with van der Waals surface area (Å²) in [5.74, 6) is -2.94. The van der Waals surface area contributed by atoms with Gasteiger partial charge in [-0.2, -0.15) is 0 Å². The number of amides is 3. The van der Waals surface area contributed by atoms with Crippen LogP contribution < -0.4 is 21.7 Å². The van der Waals surface area contributed by atoms with Gasteiger partial charge in [-0.25, -0.2) is 4.79 Å². The highest BCUT2D eigenvalue weighted by molar-refractivity contribution is 5.92. The van der Waals surface area contributed by atoms with Crippen molar-refractivity contribution in [3.63, 3.8) is 0 Å². The molecule has 3 atom stereocenters. The number of nitrogens with two attached hydrogens (primary N) is 1. The summed E-state index contributed by atoms with van der Waals surface area (Å²) in [6.45, 7) is 1.03. The van der Waals surface area contributed by atoms with Crippen molar-refractivity contribution in [2.75, 3.05) is 6.54 Å². The molecular weight excluding hydrogens is 450 g/mol. The summed E-state index contributed by atoms with van der Waals surface area (Å²) in [5.41, 5.74) is 8.44. The second kappa shape index (κ2) is 11.8. The Morgan fingerprint density at radius 2 is 1.63 bits per heavy atom. The summed E-state index contributed by atoms with van der Waals surface area (Å²) < 4.78 is 0. The van der Waals surface area contributed by atoms with Crippen LogP contribution in [0.15, 0.2) is 60.8 Å². The molecule has 0 bridgehead atoms. The second-order valence-corrected chi connectivity index (χ2v) is 8.27. The lowest BCUT2D eigenvalue weighted by Crippen LogP contribution is -2.52. The van der Waals surface area contributed by atoms with Gasteiger partial charge in [0.2, 0.25) is 17.7 Å². The average molecular weight is 480 g/mol. The van der Waals surface area contributed by atoms with Gasteiger partial charge < -0.3 is 31.8 Å². The quantitative estimate of drug-likeness (QED) is 0.234. The van der Waals surface area contributed by atoms with Gasteiger partial charge in [0.05, 0.1) is 12.6 Å². The van der Waals surface area contributed by atoms with E-state index < -0.39 is 48.4 Å². The van der Waals surface area contributed by atoms with E-state index in [1.807, 2.05) is 54.6 Å². The number of hydrogen-bond acceptors (Lipinski definition) is 5. The standard InChI is InChI=1S/C25H29N5O5/c1-15(29-24(33)19(26)11-16-7-3-2-4-8-16)23(32)28-14-22(31)30-21(25(34)35)12-17-13-27-20-10-6-5-9-18(17)20/h2-10,13,15,19,21,27H,11-12,14,26H2,1H3,(H,28,32)(H,29,33)(H,30,31)(H,34,35). The van der Waals surface area contributed by atoms with Gasteiger partial charge >= 0.3 is 5.97 Å². The normalized spacial score (nSPS) is 13.4. The third kappa shape index (κ3) is 7.15. The largest absolute Gasteiger partial charge is 0.480 e. The molecule has 1 aromatic heterocycles. The Morgan fingerprint density at radius 1 is 0.943 bits per heavy atom. The lowest BCUT2D eigenvalue weighted by atomic mass is 10.0. The molecule has 7 N–H and O–H groups in total. The molecule has 35 heavy (non-hydrogen) atoms. The highest BCUT2D eigenvalue weighted by Gasteiger charge is 2.24. The van der Waals surface area contributed by atoms with E-state index in [9.17, 15) is 24.3 Å². The third-order valence-corrected chi connectivity index (χ3v) is 5.54. The summed E-state index contributed by atoms with van der Waals surface area (Å²) in [4.78, 5) is 51.7. The summed E-state index contributed by atoms with van der Waals surface area (Å²) in [7, 11) is 0. The molecule has 0 saturated carbocycles. The molecule has 0 aliphatic carbocycles. The Morgan fingerprint density at radius 3 is 2.34 bits per heavy atom. The SMILES string of the molecule is CC(NC(=O)C(N)Cc1ccccc1)C(=O)NCC(=O)NC(Cc1c[nH]c2ccccc12)C(=O)O. The zero-order valence-corrected chi connectivity index (χ0v) is 19.3. The van der Waals surface area contributed by atoms with Crippen LogP contribution in [-0.4, -0.2) is 58.5 Å². The minimum Gasteiger partial charge on any atom is -0.480 e. The Kier molecular flexibility index (Phi) is 8.58. The van der Waals surface area contributed by atoms with Gasteiger partial charge in [-0.1, -0.05) is 48.5 Å². The summed E-state index contributed by atoms with van der Waals surface area (Å²) >= 11 is 0. The van der Waals surface area contributed by atoms with Gasteiger partial charge in [0.25, 0.3) is 0 Å². The summed E-state index contributed by atoms with van der Waals surface area (Å²) in [6, 6.07) is 13.8. The highest BCUT2D eigenvalue weighted by atomic mass is 16.4. The summed E-state index contributed by atoms with van der Waals surface area (Å²) in [6.07, 6.45) is 2.10. The topological polar surface area (TPSA) is 166 Å². The number of carboxylic acids is 1. The van der Waals surface area contributed by atoms with E-state index in [4.69, 9.17) is 5.73 Å². The number of aromatic nitrogens is 1. The van der Waals surface area contributed by atoms with E-state index in [0.717, 1.165) is 22.0 Å². The maximum atomic E-state index is 12.3. The van der Waals surface area contributed by atoms with E-state index in [2.05, 4.69) is 20.9 Å². The molecule has 3 aromatic rings. The second-order valence-electron chi connectivity index (χ2n) is 8.27. The van der Waals surface area contributed by atoms with E-state index in [1.165, 1.54) is 6.92 Å². The molecule has 0 aliphatic rings. The molecule has 0 saturated heterocycles. The van der Waals surface area contributed by atoms with Gasteiger partial charge in [-0.05, 0) is 30.5 Å². The monoisotopic (exact) mass is 479 g/mol. The van der Waals surface area contributed by atoms with Crippen molar-refractivity contribution in [2.24, 2.45) is 5.73 Å². The molecule has 184 valence electrons. The lowest BCUT2D eigenvalue weighted by Gasteiger charge is -2.18. The van der Waals surface area contributed by atoms with Crippen LogP contribution in [0, 0.1) is 0 Å². The number of hydrogen-bond donors (Lipinski definition) is 6. The van der Waals surface area contributed by atoms with Crippen molar-refractivity contribution >= 4 is 34.6 Å². The number of fused-ring (bicyclic) bond motifs is 1. The minimum atomic E-state index is -1.19. The van der Waals surface area contributed by atoms with Gasteiger partial charge in [0.1, 0.15) is 12.1 Å². The Balaban J connectivity index is 1.46. The predicted octanol–water partition coefficient (Wildman–Crippen LogP) is 0.471. The molecular formula is C25H29N5O5. The summed E-state index contributed by atoms with van der Waals surface area (Å²) in [5, 5.41) is 17.8. The Labute approximate surface area is 202 Å². The number of nitrogens with one attached hydrogen (secondary N) is 4. The van der Waals surface area contributed by atoms with Crippen LogP contribution in [0.1, 0.15) is 18.1 Å². The molecule has 2 aromatic carbocycles. The number of aromatic amines is 1. The number of para-hydroxylation sites is 1. The molecule has 0 aliphatic heterocycles. The molecule has 0 fully saturated rings. The smallest absolute Gasteiger partial charge is 0.326 e. The van der Waals surface area contributed by atoms with E-state index in [0.29, 0.717) is 6.42 Å². The molecule has 3 unspecified atom stereocenters. The van der Waals surface area contributed by atoms with Crippen molar-refractivity contribution < 1.29 is 24.3 Å². The maximum Gasteiger partial charge on any atom is 0.326 e. The first-order chi connectivity index (χ1) is 16.7. The minimum absolute atomic E-state index is 0.0742. The number of carbonyl (C=O) groups excluding carboxylic acids is 3. The van der Waals surface area contributed by atoms with Crippen molar-refractivity contribution in [3.8, 4) is 0 Å². The molecule has 10 heteroatoms. The maximum absolute atomic E-state index is 12.3. The molecule has 10 nitrogen and oxygen atoms in total. The van der Waals surface area contributed by atoms with Crippen molar-refractivity contribution in [3.05, 3.63) is 71.9 Å². The fourth-order valence-corrected chi connectivity index (χ4v) is 3.63. The Bertz CT molecular complexity index is 1190. The van der Waals surface area contributed by atoms with Gasteiger partial charge in [0.15, 0.2) is 0 Å². The number of rotatable bonds is 11. The number of aliphatic carboxylic acids is 1. The Hall–Kier alpha value is -4.18. The van der Waals surface area contributed by atoms with Crippen molar-refractivity contribution in [1.82, 2.24) is 20.9 Å². The zero-order valence-electron chi connectivity index (χ0n) is 19.3. The fraction of sp³-hybridized carbons (Fsp3) is 0.280. The van der Waals surface area contributed by atoms with Crippen molar-refractivity contribution in [1.29, 1.82) is 0 Å². The molecule has 1 heterocycles. The van der Waals surface area contributed by atoms with Crippen LogP contribution in [0.5, 0.6) is 0 Å². The van der Waals surface area contributed by atoms with E-state index in [1.54, 1.807) is 6.20 Å². The molecule has 0 spiro atoms. The van der Waals surface area contributed by atoms with Crippen LogP contribution in [-0.2, 0) is 32.0 Å². The predicted molar refractivity (Wildman–Crippen MR) is 130 cm³/mol. The number of carbonyl (C=O) groups is 4. The van der Waals surface area contributed by atoms with Crippen LogP contribution >= 0.6 is 0 Å². The third-order valence-electron chi connectivity index (χ3n) is 5.54. The molecule has 0 radical (unpaired) electrons. The van der Waals surface area contributed by atoms with Crippen LogP contribution in [0.4, 0.5) is 0 Å². The van der Waals surface area contributed by atoms with Gasteiger partial charge in [0, 0.05) is 23.5 Å². The first-order valence-electron chi connectivity index (χ1n) is 11.2. The van der Waals surface area contributed by atoms with Crippen LogP contribution in [0.2, 0.25) is 0 Å². The first-order valence-corrected chi connectivity index (χ1v) is 11.2. The van der Waals surface area contributed by atoms with Gasteiger partial charge in [-0.3, -0.25) is 14.4 Å². The highest BCUT2D eigenvalue weighted by Crippen LogP contribution is 2.19. The first kappa shape index (κ1) is 25.4. The molecule has 3 rings (SSSR count). The zero-order chi connectivity index (χ0) is 25.4. The van der Waals surface area contributed by atoms with E-state index >= 15 is 0 Å². The lowest BCUT2D eigenvalue weighted by molar-refractivity contribution is -0.141. The van der Waals surface area contributed by atoms with Gasteiger partial charge in [-0.15, -0.1) is 0 Å². The number of H-pyrrole nitrogens is 1.